The molecule has 1 amide bonds. The summed E-state index contributed by atoms with van der Waals surface area (Å²) in [5.41, 5.74) is 5.97. The lowest BCUT2D eigenvalue weighted by atomic mass is 9.93. The fourth-order valence-electron chi connectivity index (χ4n) is 2.51. The Kier molecular flexibility index (Phi) is 4.06. The van der Waals surface area contributed by atoms with E-state index in [0.717, 1.165) is 11.7 Å². The van der Waals surface area contributed by atoms with Gasteiger partial charge in [0.2, 0.25) is 0 Å². The van der Waals surface area contributed by atoms with Gasteiger partial charge in [0.15, 0.2) is 5.13 Å². The van der Waals surface area contributed by atoms with Gasteiger partial charge in [-0.2, -0.15) is 0 Å². The first-order valence-electron chi connectivity index (χ1n) is 7.88. The van der Waals surface area contributed by atoms with Crippen LogP contribution < -0.4 is 11.1 Å². The van der Waals surface area contributed by atoms with Crippen molar-refractivity contribution >= 4 is 28.2 Å². The smallest absolute Gasteiger partial charge is 0.268 e. The second kappa shape index (κ2) is 5.83. The van der Waals surface area contributed by atoms with Crippen molar-refractivity contribution in [3.8, 4) is 0 Å². The number of hydrogen-bond donors (Lipinski definition) is 2. The SMILES string of the molecule is CC(C)N(CC1CC1)C(=O)c1sc(NC2CCC2)nc1N. The first-order chi connectivity index (χ1) is 10.0. The summed E-state index contributed by atoms with van der Waals surface area (Å²) in [6.07, 6.45) is 6.12. The topological polar surface area (TPSA) is 71.2 Å². The highest BCUT2D eigenvalue weighted by molar-refractivity contribution is 7.18. The number of thiazole rings is 1. The highest BCUT2D eigenvalue weighted by atomic mass is 32.1. The largest absolute Gasteiger partial charge is 0.382 e. The van der Waals surface area contributed by atoms with Crippen molar-refractivity contribution in [2.24, 2.45) is 5.92 Å². The molecule has 3 N–H and O–H groups in total. The van der Waals surface area contributed by atoms with Gasteiger partial charge in [-0.1, -0.05) is 11.3 Å². The maximum atomic E-state index is 12.7. The maximum absolute atomic E-state index is 12.7. The van der Waals surface area contributed by atoms with Crippen LogP contribution in [0.4, 0.5) is 10.9 Å². The Labute approximate surface area is 129 Å². The van der Waals surface area contributed by atoms with E-state index in [2.05, 4.69) is 24.1 Å². The first kappa shape index (κ1) is 14.6. The van der Waals surface area contributed by atoms with Gasteiger partial charge >= 0.3 is 0 Å². The van der Waals surface area contributed by atoms with Crippen LogP contribution in [0.25, 0.3) is 0 Å². The summed E-state index contributed by atoms with van der Waals surface area (Å²) in [7, 11) is 0. The van der Waals surface area contributed by atoms with Crippen molar-refractivity contribution in [3.05, 3.63) is 4.88 Å². The van der Waals surface area contributed by atoms with Crippen LogP contribution in [0, 0.1) is 5.92 Å². The number of nitrogen functional groups attached to an aromatic ring is 1. The van der Waals surface area contributed by atoms with Gasteiger partial charge in [0.25, 0.3) is 5.91 Å². The molecule has 2 aliphatic rings. The lowest BCUT2D eigenvalue weighted by Gasteiger charge is -2.26. The summed E-state index contributed by atoms with van der Waals surface area (Å²) < 4.78 is 0. The predicted molar refractivity (Wildman–Crippen MR) is 86.7 cm³/mol. The normalized spacial score (nSPS) is 18.6. The van der Waals surface area contributed by atoms with Crippen molar-refractivity contribution < 1.29 is 4.79 Å². The molecule has 1 aromatic heterocycles. The molecule has 3 rings (SSSR count). The van der Waals surface area contributed by atoms with E-state index in [-0.39, 0.29) is 11.9 Å². The van der Waals surface area contributed by atoms with E-state index >= 15 is 0 Å². The molecule has 5 nitrogen and oxygen atoms in total. The zero-order valence-corrected chi connectivity index (χ0v) is 13.6. The van der Waals surface area contributed by atoms with Crippen LogP contribution in [-0.4, -0.2) is 34.4 Å². The second-order valence-electron chi connectivity index (χ2n) is 6.50. The number of aromatic nitrogens is 1. The Morgan fingerprint density at radius 3 is 2.67 bits per heavy atom. The highest BCUT2D eigenvalue weighted by Gasteiger charge is 2.31. The lowest BCUT2D eigenvalue weighted by molar-refractivity contribution is 0.0702. The van der Waals surface area contributed by atoms with E-state index in [4.69, 9.17) is 5.73 Å². The Balaban J connectivity index is 1.72. The van der Waals surface area contributed by atoms with E-state index in [1.165, 1.54) is 43.4 Å². The predicted octanol–water partition coefficient (Wildman–Crippen LogP) is 2.95. The number of carbonyl (C=O) groups excluding carboxylic acids is 1. The van der Waals surface area contributed by atoms with Crippen molar-refractivity contribution in [3.63, 3.8) is 0 Å². The number of nitrogens with two attached hydrogens (primary N) is 1. The average molecular weight is 308 g/mol. The summed E-state index contributed by atoms with van der Waals surface area (Å²) >= 11 is 1.40. The molecule has 0 aromatic carbocycles. The summed E-state index contributed by atoms with van der Waals surface area (Å²) in [6, 6.07) is 0.703. The number of carbonyl (C=O) groups is 1. The van der Waals surface area contributed by atoms with E-state index < -0.39 is 0 Å². The monoisotopic (exact) mass is 308 g/mol. The van der Waals surface area contributed by atoms with Gasteiger partial charge in [0, 0.05) is 18.6 Å². The number of amides is 1. The van der Waals surface area contributed by atoms with Gasteiger partial charge < -0.3 is 16.0 Å². The molecule has 2 saturated carbocycles. The molecule has 0 bridgehead atoms. The maximum Gasteiger partial charge on any atom is 0.268 e. The molecule has 0 aliphatic heterocycles. The Bertz CT molecular complexity index is 520. The zero-order valence-electron chi connectivity index (χ0n) is 12.8. The number of rotatable bonds is 6. The molecule has 116 valence electrons. The van der Waals surface area contributed by atoms with Crippen LogP contribution >= 0.6 is 11.3 Å². The first-order valence-corrected chi connectivity index (χ1v) is 8.70. The fraction of sp³-hybridized carbons (Fsp3) is 0.733. The molecule has 2 fully saturated rings. The molecule has 6 heteroatoms. The van der Waals surface area contributed by atoms with Crippen LogP contribution in [0.1, 0.15) is 55.6 Å². The number of nitrogens with one attached hydrogen (secondary N) is 1. The molecule has 21 heavy (non-hydrogen) atoms. The van der Waals surface area contributed by atoms with Gasteiger partial charge in [0.05, 0.1) is 0 Å². The van der Waals surface area contributed by atoms with E-state index in [1.807, 2.05) is 4.90 Å². The minimum absolute atomic E-state index is 0.0357. The van der Waals surface area contributed by atoms with Crippen molar-refractivity contribution in [2.45, 2.75) is 58.0 Å². The average Bonchev–Trinajstić information content (AvgIpc) is 3.12. The molecule has 0 atom stereocenters. The van der Waals surface area contributed by atoms with E-state index in [1.54, 1.807) is 0 Å². The zero-order chi connectivity index (χ0) is 15.0. The molecule has 0 radical (unpaired) electrons. The lowest BCUT2D eigenvalue weighted by Crippen LogP contribution is -2.38. The quantitative estimate of drug-likeness (QED) is 0.847. The van der Waals surface area contributed by atoms with Crippen LogP contribution in [0.2, 0.25) is 0 Å². The van der Waals surface area contributed by atoms with E-state index in [0.29, 0.717) is 22.7 Å². The molecule has 1 aromatic rings. The Hall–Kier alpha value is -1.30. The summed E-state index contributed by atoms with van der Waals surface area (Å²) in [4.78, 5) is 19.6. The Morgan fingerprint density at radius 2 is 2.14 bits per heavy atom. The molecule has 2 aliphatic carbocycles. The summed E-state index contributed by atoms with van der Waals surface area (Å²) in [5, 5.41) is 4.16. The van der Waals surface area contributed by atoms with Crippen LogP contribution in [0.3, 0.4) is 0 Å². The Morgan fingerprint density at radius 1 is 1.43 bits per heavy atom. The van der Waals surface area contributed by atoms with E-state index in [9.17, 15) is 4.79 Å². The van der Waals surface area contributed by atoms with Crippen LogP contribution in [0.15, 0.2) is 0 Å². The van der Waals surface area contributed by atoms with Gasteiger partial charge in [-0.05, 0) is 51.9 Å². The van der Waals surface area contributed by atoms with Crippen molar-refractivity contribution in [1.82, 2.24) is 9.88 Å². The number of nitrogens with zero attached hydrogens (tertiary/aromatic N) is 2. The third-order valence-electron chi connectivity index (χ3n) is 4.32. The van der Waals surface area contributed by atoms with Crippen LogP contribution in [0.5, 0.6) is 0 Å². The van der Waals surface area contributed by atoms with Gasteiger partial charge in [-0.3, -0.25) is 4.79 Å². The van der Waals surface area contributed by atoms with Gasteiger partial charge in [-0.15, -0.1) is 0 Å². The second-order valence-corrected chi connectivity index (χ2v) is 7.50. The molecule has 0 spiro atoms. The summed E-state index contributed by atoms with van der Waals surface area (Å²) in [6.45, 7) is 4.97. The van der Waals surface area contributed by atoms with Crippen LogP contribution in [-0.2, 0) is 0 Å². The minimum Gasteiger partial charge on any atom is -0.382 e. The molecule has 1 heterocycles. The molecular weight excluding hydrogens is 284 g/mol. The third-order valence-corrected chi connectivity index (χ3v) is 5.31. The van der Waals surface area contributed by atoms with Crippen molar-refractivity contribution in [2.75, 3.05) is 17.6 Å². The molecule has 0 unspecified atom stereocenters. The fourth-order valence-corrected chi connectivity index (χ4v) is 3.43. The standard InChI is InChI=1S/C15H24N4OS/c1-9(2)19(8-10-6-7-10)14(20)12-13(16)18-15(21-12)17-11-4-3-5-11/h9-11H,3-8,16H2,1-2H3,(H,17,18). The van der Waals surface area contributed by atoms with Gasteiger partial charge in [-0.25, -0.2) is 4.98 Å². The number of hydrogen-bond acceptors (Lipinski definition) is 5. The highest BCUT2D eigenvalue weighted by Crippen LogP contribution is 2.33. The third kappa shape index (κ3) is 3.31. The summed E-state index contributed by atoms with van der Waals surface area (Å²) in [5.74, 6) is 1.08. The molecule has 0 saturated heterocycles. The number of anilines is 2. The van der Waals surface area contributed by atoms with Crippen molar-refractivity contribution in [1.29, 1.82) is 0 Å². The molecular formula is C15H24N4OS. The minimum atomic E-state index is 0.0357. The van der Waals surface area contributed by atoms with Gasteiger partial charge in [0.1, 0.15) is 10.7 Å².